The Labute approximate surface area is 155 Å². The number of piperidine rings is 1. The Morgan fingerprint density at radius 3 is 2.96 bits per heavy atom. The molecule has 0 saturated carbocycles. The molecule has 1 aliphatic carbocycles. The van der Waals surface area contributed by atoms with Crippen molar-refractivity contribution in [3.63, 3.8) is 0 Å². The smallest absolute Gasteiger partial charge is 0.254 e. The highest BCUT2D eigenvalue weighted by Gasteiger charge is 2.41. The van der Waals surface area contributed by atoms with Gasteiger partial charge >= 0.3 is 0 Å². The lowest BCUT2D eigenvalue weighted by atomic mass is 9.88. The molecule has 2 aliphatic heterocycles. The number of amides is 1. The van der Waals surface area contributed by atoms with Gasteiger partial charge < -0.3 is 4.90 Å². The van der Waals surface area contributed by atoms with Crippen molar-refractivity contribution >= 4 is 33.7 Å². The van der Waals surface area contributed by atoms with E-state index in [1.807, 2.05) is 18.3 Å². The summed E-state index contributed by atoms with van der Waals surface area (Å²) in [5, 5.41) is 0. The highest BCUT2D eigenvalue weighted by molar-refractivity contribution is 9.10. The van der Waals surface area contributed by atoms with E-state index >= 15 is 0 Å². The van der Waals surface area contributed by atoms with E-state index in [4.69, 9.17) is 0 Å². The molecule has 2 atom stereocenters. The largest absolute Gasteiger partial charge is 0.335 e. The molecule has 3 nitrogen and oxygen atoms in total. The number of likely N-dealkylation sites (tertiary alicyclic amines) is 1. The molecule has 1 saturated heterocycles. The molecule has 0 bridgehead atoms. The summed E-state index contributed by atoms with van der Waals surface area (Å²) in [6, 6.07) is 12.9. The van der Waals surface area contributed by atoms with Crippen LogP contribution >= 0.6 is 15.9 Å². The quantitative estimate of drug-likeness (QED) is 0.692. The Hall–Kier alpha value is -1.94. The van der Waals surface area contributed by atoms with Gasteiger partial charge in [-0.05, 0) is 60.2 Å². The second-order valence-electron chi connectivity index (χ2n) is 7.22. The fraction of sp³-hybridized carbons (Fsp3) is 0.333. The lowest BCUT2D eigenvalue weighted by molar-refractivity contribution is 0.0595. The van der Waals surface area contributed by atoms with Gasteiger partial charge in [0, 0.05) is 41.2 Å². The maximum Gasteiger partial charge on any atom is 0.254 e. The number of benzene rings is 2. The molecule has 4 heteroatoms. The summed E-state index contributed by atoms with van der Waals surface area (Å²) >= 11 is 3.60. The van der Waals surface area contributed by atoms with Gasteiger partial charge in [-0.25, -0.2) is 0 Å². The third-order valence-corrected chi connectivity index (χ3v) is 6.34. The van der Waals surface area contributed by atoms with Gasteiger partial charge in [0.15, 0.2) is 0 Å². The Morgan fingerprint density at radius 2 is 2.04 bits per heavy atom. The van der Waals surface area contributed by atoms with Crippen LogP contribution in [-0.4, -0.2) is 29.6 Å². The Balaban J connectivity index is 1.46. The zero-order valence-electron chi connectivity index (χ0n) is 13.9. The summed E-state index contributed by atoms with van der Waals surface area (Å²) in [6.45, 7) is 0.857. The molecule has 0 radical (unpaired) electrons. The van der Waals surface area contributed by atoms with Gasteiger partial charge in [-0.1, -0.05) is 28.1 Å². The zero-order chi connectivity index (χ0) is 17.0. The highest BCUT2D eigenvalue weighted by atomic mass is 79.9. The summed E-state index contributed by atoms with van der Waals surface area (Å²) in [6.07, 6.45) is 6.01. The van der Waals surface area contributed by atoms with Crippen LogP contribution in [0.15, 0.2) is 45.9 Å². The molecule has 2 heterocycles. The standard InChI is InChI=1S/C21H19BrN2O/c22-16-6-5-14-11-20-17(18(14)12-16)2-1-9-24(20)21(25)15-4-3-13-7-8-23-19(13)10-15/h3-6,8,10,12,17,20H,1-2,7,9,11H2/t17?,20-/m0/s1. The first-order chi connectivity index (χ1) is 12.2. The fourth-order valence-electron chi connectivity index (χ4n) is 4.64. The number of aliphatic imine (C=N–C) groups is 1. The van der Waals surface area contributed by atoms with Gasteiger partial charge in [0.25, 0.3) is 5.91 Å². The van der Waals surface area contributed by atoms with E-state index in [0.717, 1.165) is 41.5 Å². The Kier molecular flexibility index (Phi) is 3.56. The fourth-order valence-corrected chi connectivity index (χ4v) is 5.02. The molecule has 0 N–H and O–H groups in total. The third kappa shape index (κ3) is 2.46. The zero-order valence-corrected chi connectivity index (χ0v) is 15.5. The van der Waals surface area contributed by atoms with E-state index in [1.165, 1.54) is 23.1 Å². The van der Waals surface area contributed by atoms with Crippen molar-refractivity contribution in [2.24, 2.45) is 4.99 Å². The van der Waals surface area contributed by atoms with Crippen molar-refractivity contribution in [2.45, 2.75) is 37.6 Å². The first kappa shape index (κ1) is 15.3. The predicted octanol–water partition coefficient (Wildman–Crippen LogP) is 4.65. The molecule has 126 valence electrons. The molecule has 3 aliphatic rings. The van der Waals surface area contributed by atoms with Gasteiger partial charge in [0.2, 0.25) is 0 Å². The van der Waals surface area contributed by atoms with Gasteiger partial charge in [-0.2, -0.15) is 0 Å². The van der Waals surface area contributed by atoms with Crippen molar-refractivity contribution in [1.82, 2.24) is 4.90 Å². The van der Waals surface area contributed by atoms with Gasteiger partial charge in [0.05, 0.1) is 5.69 Å². The number of halogens is 1. The average molecular weight is 395 g/mol. The summed E-state index contributed by atoms with van der Waals surface area (Å²) < 4.78 is 1.13. The van der Waals surface area contributed by atoms with E-state index in [1.54, 1.807) is 0 Å². The van der Waals surface area contributed by atoms with Crippen molar-refractivity contribution in [2.75, 3.05) is 6.54 Å². The molecule has 2 aromatic rings. The van der Waals surface area contributed by atoms with Crippen LogP contribution in [0.5, 0.6) is 0 Å². The molecule has 0 spiro atoms. The average Bonchev–Trinajstić information content (AvgIpc) is 3.24. The molecule has 2 aromatic carbocycles. The minimum absolute atomic E-state index is 0.159. The lowest BCUT2D eigenvalue weighted by Gasteiger charge is -2.38. The van der Waals surface area contributed by atoms with E-state index in [-0.39, 0.29) is 5.91 Å². The van der Waals surface area contributed by atoms with E-state index < -0.39 is 0 Å². The summed E-state index contributed by atoms with van der Waals surface area (Å²) in [5.41, 5.74) is 5.77. The molecular weight excluding hydrogens is 376 g/mol. The van der Waals surface area contributed by atoms with Crippen molar-refractivity contribution in [3.8, 4) is 0 Å². The third-order valence-electron chi connectivity index (χ3n) is 5.85. The number of hydrogen-bond donors (Lipinski definition) is 0. The van der Waals surface area contributed by atoms with Crippen LogP contribution in [0.3, 0.4) is 0 Å². The van der Waals surface area contributed by atoms with Crippen LogP contribution in [0.25, 0.3) is 0 Å². The minimum Gasteiger partial charge on any atom is -0.335 e. The first-order valence-electron chi connectivity index (χ1n) is 8.95. The number of carbonyl (C=O) groups excluding carboxylic acids is 1. The molecule has 1 fully saturated rings. The maximum absolute atomic E-state index is 13.2. The second kappa shape index (κ2) is 5.80. The summed E-state index contributed by atoms with van der Waals surface area (Å²) in [7, 11) is 0. The molecule has 1 unspecified atom stereocenters. The van der Waals surface area contributed by atoms with Crippen molar-refractivity contribution in [1.29, 1.82) is 0 Å². The number of rotatable bonds is 1. The molecule has 0 aromatic heterocycles. The maximum atomic E-state index is 13.2. The van der Waals surface area contributed by atoms with Crippen LogP contribution in [-0.2, 0) is 12.8 Å². The molecule has 1 amide bonds. The predicted molar refractivity (Wildman–Crippen MR) is 103 cm³/mol. The van der Waals surface area contributed by atoms with E-state index in [0.29, 0.717) is 12.0 Å². The van der Waals surface area contributed by atoms with Crippen LogP contribution in [0.4, 0.5) is 5.69 Å². The highest BCUT2D eigenvalue weighted by Crippen LogP contribution is 2.43. The number of fused-ring (bicyclic) bond motifs is 4. The normalized spacial score (nSPS) is 23.3. The number of hydrogen-bond acceptors (Lipinski definition) is 2. The second-order valence-corrected chi connectivity index (χ2v) is 8.14. The SMILES string of the molecule is O=C(c1ccc2c(c1)N=CC2)N1CCCC2c3cc(Br)ccc3C[C@@H]21. The van der Waals surface area contributed by atoms with Crippen LogP contribution in [0, 0.1) is 0 Å². The molecule has 5 rings (SSSR count). The first-order valence-corrected chi connectivity index (χ1v) is 9.75. The topological polar surface area (TPSA) is 32.7 Å². The van der Waals surface area contributed by atoms with Gasteiger partial charge in [-0.3, -0.25) is 9.79 Å². The van der Waals surface area contributed by atoms with Crippen molar-refractivity contribution < 1.29 is 4.79 Å². The number of carbonyl (C=O) groups is 1. The molecule has 25 heavy (non-hydrogen) atoms. The summed E-state index contributed by atoms with van der Waals surface area (Å²) in [5.74, 6) is 0.629. The Bertz CT molecular complexity index is 905. The van der Waals surface area contributed by atoms with Crippen LogP contribution < -0.4 is 0 Å². The minimum atomic E-state index is 0.159. The van der Waals surface area contributed by atoms with Crippen LogP contribution in [0.2, 0.25) is 0 Å². The molecular formula is C21H19BrN2O. The van der Waals surface area contributed by atoms with Crippen LogP contribution in [0.1, 0.15) is 45.8 Å². The lowest BCUT2D eigenvalue weighted by Crippen LogP contribution is -2.46. The van der Waals surface area contributed by atoms with E-state index in [2.05, 4.69) is 50.1 Å². The summed E-state index contributed by atoms with van der Waals surface area (Å²) in [4.78, 5) is 19.7. The monoisotopic (exact) mass is 394 g/mol. The van der Waals surface area contributed by atoms with Gasteiger partial charge in [-0.15, -0.1) is 0 Å². The number of nitrogens with zero attached hydrogens (tertiary/aromatic N) is 2. The Morgan fingerprint density at radius 1 is 1.16 bits per heavy atom. The van der Waals surface area contributed by atoms with E-state index in [9.17, 15) is 4.79 Å². The van der Waals surface area contributed by atoms with Gasteiger partial charge in [0.1, 0.15) is 0 Å². The van der Waals surface area contributed by atoms with Crippen molar-refractivity contribution in [3.05, 3.63) is 63.1 Å².